The van der Waals surface area contributed by atoms with Crippen LogP contribution in [-0.2, 0) is 6.18 Å². The van der Waals surface area contributed by atoms with E-state index in [0.29, 0.717) is 6.07 Å². The largest absolute Gasteiger partial charge is 2.00 e. The first kappa shape index (κ1) is 16.9. The summed E-state index contributed by atoms with van der Waals surface area (Å²) >= 11 is 5.12. The van der Waals surface area contributed by atoms with Crippen LogP contribution in [0.15, 0.2) is 12.1 Å². The molecule has 0 aliphatic rings. The van der Waals surface area contributed by atoms with Gasteiger partial charge in [0.25, 0.3) is 0 Å². The van der Waals surface area contributed by atoms with Crippen LogP contribution in [0.5, 0.6) is 0 Å². The second kappa shape index (κ2) is 6.14. The zero-order chi connectivity index (χ0) is 9.35. The van der Waals surface area contributed by atoms with Crippen LogP contribution >= 0.6 is 11.6 Å². The molecule has 0 aromatic heterocycles. The Morgan fingerprint density at radius 2 is 1.71 bits per heavy atom. The average Bonchev–Trinajstić information content (AvgIpc) is 1.82. The number of benzene rings is 1. The molecule has 74 valence electrons. The number of halogens is 6. The second-order valence-electron chi connectivity index (χ2n) is 2.02. The topological polar surface area (TPSA) is 0 Å². The molecule has 0 saturated heterocycles. The summed E-state index contributed by atoms with van der Waals surface area (Å²) in [5.74, 6) is -1.41. The third-order valence-corrected chi connectivity index (χ3v) is 1.48. The van der Waals surface area contributed by atoms with Crippen molar-refractivity contribution in [3.05, 3.63) is 34.6 Å². The van der Waals surface area contributed by atoms with Gasteiger partial charge in [0.1, 0.15) is 0 Å². The van der Waals surface area contributed by atoms with Crippen LogP contribution in [0, 0.1) is 11.9 Å². The summed E-state index contributed by atoms with van der Waals surface area (Å²) in [5.41, 5.74) is -1.44. The quantitative estimate of drug-likeness (QED) is 0.357. The fraction of sp³-hybridized carbons (Fsp3) is 0.143. The maximum atomic E-state index is 12.5. The van der Waals surface area contributed by atoms with Crippen LogP contribution in [-0.4, -0.2) is 23.1 Å². The van der Waals surface area contributed by atoms with E-state index in [9.17, 15) is 17.6 Å². The molecule has 0 bridgehead atoms. The predicted octanol–water partition coefficient (Wildman–Crippen LogP) is -0.0787. The third kappa shape index (κ3) is 3.92. The summed E-state index contributed by atoms with van der Waals surface area (Å²) in [7, 11) is 0. The van der Waals surface area contributed by atoms with Gasteiger partial charge in [-0.05, 0) is 5.56 Å². The standard InChI is InChI=1S/C7H2ClF4.BrH.Mg/c8-4-2-1-3-5(9)6(4)7(10,11)12;;/h2-3H;1H;/q-1;;+2/p-1. The third-order valence-electron chi connectivity index (χ3n) is 1.18. The maximum Gasteiger partial charge on any atom is 2.00 e. The number of rotatable bonds is 0. The summed E-state index contributed by atoms with van der Waals surface area (Å²) in [5, 5.41) is -0.678. The zero-order valence-corrected chi connectivity index (χ0v) is 10.4. The normalized spacial score (nSPS) is 10.1. The Hall–Kier alpha value is 0.476. The first-order chi connectivity index (χ1) is 5.43. The van der Waals surface area contributed by atoms with Crippen LogP contribution < -0.4 is 17.0 Å². The van der Waals surface area contributed by atoms with Gasteiger partial charge >= 0.3 is 29.2 Å². The van der Waals surface area contributed by atoms with E-state index in [4.69, 9.17) is 11.6 Å². The van der Waals surface area contributed by atoms with Crippen molar-refractivity contribution in [2.75, 3.05) is 0 Å². The molecule has 1 aromatic carbocycles. The molecule has 0 aliphatic carbocycles. The molecule has 1 rings (SSSR count). The smallest absolute Gasteiger partial charge is 1.00 e. The Morgan fingerprint density at radius 1 is 1.21 bits per heavy atom. The molecule has 14 heavy (non-hydrogen) atoms. The van der Waals surface area contributed by atoms with Crippen molar-refractivity contribution in [2.24, 2.45) is 0 Å². The zero-order valence-electron chi connectivity index (χ0n) is 6.63. The van der Waals surface area contributed by atoms with E-state index in [-0.39, 0.29) is 40.0 Å². The van der Waals surface area contributed by atoms with E-state index in [1.807, 2.05) is 0 Å². The van der Waals surface area contributed by atoms with Gasteiger partial charge in [-0.3, -0.25) is 4.39 Å². The Bertz CT molecular complexity index is 282. The van der Waals surface area contributed by atoms with E-state index in [1.54, 1.807) is 0 Å². The van der Waals surface area contributed by atoms with Gasteiger partial charge in [-0.2, -0.15) is 36.9 Å². The van der Waals surface area contributed by atoms with Gasteiger partial charge < -0.3 is 17.0 Å². The fourth-order valence-electron chi connectivity index (χ4n) is 0.717. The molecule has 0 atom stereocenters. The van der Waals surface area contributed by atoms with Crippen molar-refractivity contribution in [1.82, 2.24) is 0 Å². The van der Waals surface area contributed by atoms with E-state index in [0.717, 1.165) is 6.07 Å². The van der Waals surface area contributed by atoms with Gasteiger partial charge in [0, 0.05) is 5.82 Å². The Kier molecular flexibility index (Phi) is 7.41. The van der Waals surface area contributed by atoms with Crippen LogP contribution in [0.4, 0.5) is 17.6 Å². The molecule has 0 spiro atoms. The molecule has 0 amide bonds. The molecular formula is C7H2BrClF4Mg. The van der Waals surface area contributed by atoms with Crippen molar-refractivity contribution in [1.29, 1.82) is 0 Å². The van der Waals surface area contributed by atoms with Gasteiger partial charge in [0.15, 0.2) is 0 Å². The van der Waals surface area contributed by atoms with Gasteiger partial charge in [-0.15, -0.1) is 6.07 Å². The first-order valence-corrected chi connectivity index (χ1v) is 3.23. The van der Waals surface area contributed by atoms with Crippen LogP contribution in [0.1, 0.15) is 5.56 Å². The van der Waals surface area contributed by atoms with Gasteiger partial charge in [-0.25, -0.2) is 0 Å². The fourth-order valence-corrected chi connectivity index (χ4v) is 0.978. The van der Waals surface area contributed by atoms with Crippen molar-refractivity contribution < 1.29 is 34.5 Å². The Morgan fingerprint density at radius 3 is 2.00 bits per heavy atom. The van der Waals surface area contributed by atoms with Crippen LogP contribution in [0.25, 0.3) is 0 Å². The molecule has 1 aromatic rings. The molecule has 0 radical (unpaired) electrons. The number of alkyl halides is 3. The van der Waals surface area contributed by atoms with E-state index in [1.165, 1.54) is 0 Å². The Labute approximate surface area is 110 Å². The van der Waals surface area contributed by atoms with E-state index in [2.05, 4.69) is 6.07 Å². The molecule has 0 unspecified atom stereocenters. The number of hydrogen-bond donors (Lipinski definition) is 0. The summed E-state index contributed by atoms with van der Waals surface area (Å²) in [6.45, 7) is 0. The van der Waals surface area contributed by atoms with Crippen molar-refractivity contribution >= 4 is 34.7 Å². The van der Waals surface area contributed by atoms with Gasteiger partial charge in [-0.1, -0.05) is 5.02 Å². The average molecular weight is 302 g/mol. The monoisotopic (exact) mass is 300 g/mol. The number of hydrogen-bond acceptors (Lipinski definition) is 0. The summed E-state index contributed by atoms with van der Waals surface area (Å²) < 4.78 is 48.4. The Balaban J connectivity index is 0. The van der Waals surface area contributed by atoms with E-state index >= 15 is 0 Å². The summed E-state index contributed by atoms with van der Waals surface area (Å²) in [4.78, 5) is 0. The summed E-state index contributed by atoms with van der Waals surface area (Å²) in [6.07, 6.45) is -4.75. The van der Waals surface area contributed by atoms with Crippen molar-refractivity contribution in [3.63, 3.8) is 0 Å². The molecule has 7 heteroatoms. The minimum Gasteiger partial charge on any atom is -1.00 e. The van der Waals surface area contributed by atoms with Gasteiger partial charge in [0.05, 0.1) is 0 Å². The minimum atomic E-state index is -4.75. The molecule has 0 saturated carbocycles. The van der Waals surface area contributed by atoms with E-state index < -0.39 is 22.6 Å². The van der Waals surface area contributed by atoms with Gasteiger partial charge in [0.2, 0.25) is 0 Å². The molecular weight excluding hydrogens is 300 g/mol. The molecule has 0 aliphatic heterocycles. The van der Waals surface area contributed by atoms with Crippen LogP contribution in [0.3, 0.4) is 0 Å². The molecule has 0 N–H and O–H groups in total. The minimum absolute atomic E-state index is 0. The van der Waals surface area contributed by atoms with Crippen molar-refractivity contribution in [3.8, 4) is 0 Å². The summed E-state index contributed by atoms with van der Waals surface area (Å²) in [6, 6.07) is 3.59. The molecule has 0 heterocycles. The maximum absolute atomic E-state index is 12.5. The molecule has 0 nitrogen and oxygen atoms in total. The molecule has 0 fully saturated rings. The van der Waals surface area contributed by atoms with Crippen molar-refractivity contribution in [2.45, 2.75) is 6.18 Å². The second-order valence-corrected chi connectivity index (χ2v) is 2.43. The van der Waals surface area contributed by atoms with Crippen LogP contribution in [0.2, 0.25) is 5.02 Å². The predicted molar refractivity (Wildman–Crippen MR) is 41.0 cm³/mol. The SMILES string of the molecule is Fc1c[c-]cc(Cl)c1C(F)(F)F.[Br-].[Mg+2]. The first-order valence-electron chi connectivity index (χ1n) is 2.85.